The molecular formula is C13H15NO2. The van der Waals surface area contributed by atoms with Crippen LogP contribution in [0, 0.1) is 19.3 Å². The number of phenols is 1. The molecule has 1 rings (SSSR count). The molecule has 0 bridgehead atoms. The largest absolute Gasteiger partial charge is 0.508 e. The minimum absolute atomic E-state index is 0.0494. The van der Waals surface area contributed by atoms with Gasteiger partial charge in [-0.2, -0.15) is 0 Å². The summed E-state index contributed by atoms with van der Waals surface area (Å²) in [7, 11) is 0. The highest BCUT2D eigenvalue weighted by molar-refractivity contribution is 5.94. The van der Waals surface area contributed by atoms with E-state index in [1.807, 2.05) is 6.92 Å². The molecule has 0 saturated heterocycles. The van der Waals surface area contributed by atoms with Crippen molar-refractivity contribution in [2.45, 2.75) is 26.3 Å². The number of phenolic OH excluding ortho intramolecular Hbond substituents is 1. The first-order valence-electron chi connectivity index (χ1n) is 5.08. The zero-order chi connectivity index (χ0) is 12.1. The third-order valence-electron chi connectivity index (χ3n) is 2.26. The number of nitrogens with one attached hydrogen (secondary N) is 1. The van der Waals surface area contributed by atoms with Gasteiger partial charge in [0.05, 0.1) is 0 Å². The van der Waals surface area contributed by atoms with Crippen molar-refractivity contribution < 1.29 is 9.90 Å². The summed E-state index contributed by atoms with van der Waals surface area (Å²) < 4.78 is 0. The first-order chi connectivity index (χ1) is 7.54. The van der Waals surface area contributed by atoms with Gasteiger partial charge in [-0.05, 0) is 37.6 Å². The number of carbonyl (C=O) groups is 1. The highest BCUT2D eigenvalue weighted by atomic mass is 16.3. The minimum Gasteiger partial charge on any atom is -0.508 e. The van der Waals surface area contributed by atoms with Crippen molar-refractivity contribution in [3.8, 4) is 18.1 Å². The van der Waals surface area contributed by atoms with E-state index in [0.29, 0.717) is 17.5 Å². The molecule has 2 N–H and O–H groups in total. The SMILES string of the molecule is C#CCC(C)NC(=O)c1ccc(O)c(C)c1. The molecule has 0 aliphatic carbocycles. The number of aromatic hydroxyl groups is 1. The van der Waals surface area contributed by atoms with Crippen molar-refractivity contribution in [3.05, 3.63) is 29.3 Å². The molecule has 16 heavy (non-hydrogen) atoms. The number of carbonyl (C=O) groups excluding carboxylic acids is 1. The second-order valence-corrected chi connectivity index (χ2v) is 3.78. The zero-order valence-electron chi connectivity index (χ0n) is 9.45. The Morgan fingerprint density at radius 3 is 2.88 bits per heavy atom. The van der Waals surface area contributed by atoms with E-state index in [-0.39, 0.29) is 17.7 Å². The standard InChI is InChI=1S/C13H15NO2/c1-4-5-10(3)14-13(16)11-6-7-12(15)9(2)8-11/h1,6-8,10,15H,5H2,2-3H3,(H,14,16). The molecule has 0 aliphatic heterocycles. The third-order valence-corrected chi connectivity index (χ3v) is 2.26. The van der Waals surface area contributed by atoms with E-state index in [9.17, 15) is 9.90 Å². The lowest BCUT2D eigenvalue weighted by atomic mass is 10.1. The van der Waals surface area contributed by atoms with Crippen LogP contribution in [0.5, 0.6) is 5.75 Å². The van der Waals surface area contributed by atoms with Crippen molar-refractivity contribution in [2.75, 3.05) is 0 Å². The topological polar surface area (TPSA) is 49.3 Å². The number of benzene rings is 1. The van der Waals surface area contributed by atoms with Crippen molar-refractivity contribution >= 4 is 5.91 Å². The van der Waals surface area contributed by atoms with Crippen LogP contribution in [0.2, 0.25) is 0 Å². The van der Waals surface area contributed by atoms with Gasteiger partial charge in [0.25, 0.3) is 5.91 Å². The Morgan fingerprint density at radius 2 is 2.31 bits per heavy atom. The van der Waals surface area contributed by atoms with Gasteiger partial charge in [0.2, 0.25) is 0 Å². The highest BCUT2D eigenvalue weighted by Gasteiger charge is 2.09. The molecule has 1 unspecified atom stereocenters. The Balaban J connectivity index is 2.74. The third kappa shape index (κ3) is 3.03. The highest BCUT2D eigenvalue weighted by Crippen LogP contribution is 2.16. The fourth-order valence-electron chi connectivity index (χ4n) is 1.33. The van der Waals surface area contributed by atoms with Gasteiger partial charge >= 0.3 is 0 Å². The van der Waals surface area contributed by atoms with Crippen LogP contribution in [-0.4, -0.2) is 17.1 Å². The predicted molar refractivity (Wildman–Crippen MR) is 63.2 cm³/mol. The van der Waals surface area contributed by atoms with Gasteiger partial charge in [0.1, 0.15) is 5.75 Å². The summed E-state index contributed by atoms with van der Waals surface area (Å²) in [5, 5.41) is 12.1. The molecule has 0 aromatic heterocycles. The maximum absolute atomic E-state index is 11.7. The predicted octanol–water partition coefficient (Wildman–Crippen LogP) is 1.84. The lowest BCUT2D eigenvalue weighted by Crippen LogP contribution is -2.32. The summed E-state index contributed by atoms with van der Waals surface area (Å²) in [6.07, 6.45) is 5.66. The van der Waals surface area contributed by atoms with E-state index in [4.69, 9.17) is 6.42 Å². The molecule has 0 fully saturated rings. The number of rotatable bonds is 3. The van der Waals surface area contributed by atoms with Crippen LogP contribution in [-0.2, 0) is 0 Å². The van der Waals surface area contributed by atoms with E-state index < -0.39 is 0 Å². The molecule has 0 saturated carbocycles. The van der Waals surface area contributed by atoms with Gasteiger partial charge in [-0.15, -0.1) is 12.3 Å². The van der Waals surface area contributed by atoms with Crippen molar-refractivity contribution in [1.82, 2.24) is 5.32 Å². The van der Waals surface area contributed by atoms with Gasteiger partial charge in [0.15, 0.2) is 0 Å². The first kappa shape index (κ1) is 12.1. The molecule has 0 heterocycles. The lowest BCUT2D eigenvalue weighted by Gasteiger charge is -2.11. The summed E-state index contributed by atoms with van der Waals surface area (Å²) in [6.45, 7) is 3.60. The Bertz CT molecular complexity index is 432. The second-order valence-electron chi connectivity index (χ2n) is 3.78. The minimum atomic E-state index is -0.175. The smallest absolute Gasteiger partial charge is 0.251 e. The van der Waals surface area contributed by atoms with Crippen molar-refractivity contribution in [2.24, 2.45) is 0 Å². The van der Waals surface area contributed by atoms with E-state index in [0.717, 1.165) is 0 Å². The van der Waals surface area contributed by atoms with Crippen molar-refractivity contribution in [1.29, 1.82) is 0 Å². The average molecular weight is 217 g/mol. The Morgan fingerprint density at radius 1 is 1.62 bits per heavy atom. The molecule has 3 heteroatoms. The summed E-state index contributed by atoms with van der Waals surface area (Å²) in [6, 6.07) is 4.69. The Hall–Kier alpha value is -1.95. The average Bonchev–Trinajstić information content (AvgIpc) is 2.22. The van der Waals surface area contributed by atoms with E-state index in [1.165, 1.54) is 6.07 Å². The molecule has 1 aromatic rings. The fourth-order valence-corrected chi connectivity index (χ4v) is 1.33. The Kier molecular flexibility index (Phi) is 3.96. The molecule has 0 radical (unpaired) electrons. The quantitative estimate of drug-likeness (QED) is 0.759. The second kappa shape index (κ2) is 5.22. The molecule has 0 spiro atoms. The van der Waals surface area contributed by atoms with Crippen LogP contribution in [0.4, 0.5) is 0 Å². The lowest BCUT2D eigenvalue weighted by molar-refractivity contribution is 0.0941. The van der Waals surface area contributed by atoms with Crippen LogP contribution < -0.4 is 5.32 Å². The fraction of sp³-hybridized carbons (Fsp3) is 0.308. The van der Waals surface area contributed by atoms with Gasteiger partial charge < -0.3 is 10.4 Å². The van der Waals surface area contributed by atoms with Crippen LogP contribution in [0.15, 0.2) is 18.2 Å². The van der Waals surface area contributed by atoms with Gasteiger partial charge in [-0.3, -0.25) is 4.79 Å². The molecule has 1 amide bonds. The summed E-state index contributed by atoms with van der Waals surface area (Å²) >= 11 is 0. The number of terminal acetylenes is 1. The molecule has 1 atom stereocenters. The number of hydrogen-bond donors (Lipinski definition) is 2. The van der Waals surface area contributed by atoms with Crippen LogP contribution in [0.3, 0.4) is 0 Å². The van der Waals surface area contributed by atoms with Crippen LogP contribution in [0.1, 0.15) is 29.3 Å². The molecule has 0 aliphatic rings. The monoisotopic (exact) mass is 217 g/mol. The summed E-state index contributed by atoms with van der Waals surface area (Å²) in [5.74, 6) is 2.50. The zero-order valence-corrected chi connectivity index (χ0v) is 9.45. The van der Waals surface area contributed by atoms with Gasteiger partial charge in [-0.25, -0.2) is 0 Å². The summed E-state index contributed by atoms with van der Waals surface area (Å²) in [4.78, 5) is 11.7. The van der Waals surface area contributed by atoms with E-state index in [2.05, 4.69) is 11.2 Å². The maximum Gasteiger partial charge on any atom is 0.251 e. The van der Waals surface area contributed by atoms with E-state index >= 15 is 0 Å². The molecule has 84 valence electrons. The first-order valence-corrected chi connectivity index (χ1v) is 5.08. The molecule has 3 nitrogen and oxygen atoms in total. The van der Waals surface area contributed by atoms with E-state index in [1.54, 1.807) is 19.1 Å². The van der Waals surface area contributed by atoms with Gasteiger partial charge in [0, 0.05) is 18.0 Å². The Labute approximate surface area is 95.5 Å². The number of hydrogen-bond acceptors (Lipinski definition) is 2. The van der Waals surface area contributed by atoms with Crippen LogP contribution >= 0.6 is 0 Å². The number of aryl methyl sites for hydroxylation is 1. The molecular weight excluding hydrogens is 202 g/mol. The summed E-state index contributed by atoms with van der Waals surface area (Å²) in [5.41, 5.74) is 1.21. The van der Waals surface area contributed by atoms with Crippen LogP contribution in [0.25, 0.3) is 0 Å². The van der Waals surface area contributed by atoms with Crippen molar-refractivity contribution in [3.63, 3.8) is 0 Å². The molecule has 1 aromatic carbocycles. The number of amides is 1. The normalized spacial score (nSPS) is 11.6. The maximum atomic E-state index is 11.7. The van der Waals surface area contributed by atoms with Gasteiger partial charge in [-0.1, -0.05) is 0 Å².